The van der Waals surface area contributed by atoms with E-state index in [4.69, 9.17) is 4.74 Å². The average molecular weight is 383 g/mol. The molecule has 2 heteroatoms. The van der Waals surface area contributed by atoms with E-state index < -0.39 is 0 Å². The minimum Gasteiger partial charge on any atom is -0.466 e. The van der Waals surface area contributed by atoms with Crippen molar-refractivity contribution in [3.63, 3.8) is 0 Å². The first-order valence-corrected chi connectivity index (χ1v) is 12.5. The molecule has 2 nitrogen and oxygen atoms in total. The fourth-order valence-corrected chi connectivity index (χ4v) is 3.65. The molecule has 27 heavy (non-hydrogen) atoms. The van der Waals surface area contributed by atoms with E-state index in [2.05, 4.69) is 6.92 Å². The molecule has 0 aromatic carbocycles. The summed E-state index contributed by atoms with van der Waals surface area (Å²) in [5.41, 5.74) is 0. The van der Waals surface area contributed by atoms with Gasteiger partial charge in [-0.05, 0) is 6.42 Å². The molecule has 0 aliphatic heterocycles. The molecule has 0 atom stereocenters. The van der Waals surface area contributed by atoms with Gasteiger partial charge in [0.05, 0.1) is 6.61 Å². The molecule has 0 unspecified atom stereocenters. The van der Waals surface area contributed by atoms with Gasteiger partial charge in [-0.1, -0.05) is 136 Å². The Balaban J connectivity index is 3.00. The number of hydrogen-bond acceptors (Lipinski definition) is 2. The first kappa shape index (κ1) is 26.5. The van der Waals surface area contributed by atoms with Crippen LogP contribution < -0.4 is 0 Å². The fourth-order valence-electron chi connectivity index (χ4n) is 3.65. The van der Waals surface area contributed by atoms with Crippen molar-refractivity contribution in [2.24, 2.45) is 0 Å². The number of carbonyl (C=O) groups is 1. The minimum atomic E-state index is -0.0622. The van der Waals surface area contributed by atoms with E-state index >= 15 is 0 Å². The molecule has 0 radical (unpaired) electrons. The van der Waals surface area contributed by atoms with Gasteiger partial charge in [0.15, 0.2) is 0 Å². The maximum Gasteiger partial charge on any atom is 0.305 e. The van der Waals surface area contributed by atoms with E-state index in [0.717, 1.165) is 6.42 Å². The summed E-state index contributed by atoms with van der Waals surface area (Å²) in [6.45, 7) is 4.75. The molecule has 0 aromatic heterocycles. The van der Waals surface area contributed by atoms with Crippen LogP contribution in [0.15, 0.2) is 0 Å². The summed E-state index contributed by atoms with van der Waals surface area (Å²) in [4.78, 5) is 11.0. The molecule has 0 aliphatic carbocycles. The monoisotopic (exact) mass is 382 g/mol. The molecular weight excluding hydrogens is 332 g/mol. The van der Waals surface area contributed by atoms with Gasteiger partial charge in [-0.2, -0.15) is 0 Å². The normalized spacial score (nSPS) is 11.0. The molecule has 162 valence electrons. The fraction of sp³-hybridized carbons (Fsp3) is 0.960. The highest BCUT2D eigenvalue weighted by atomic mass is 16.5. The van der Waals surface area contributed by atoms with E-state index in [1.165, 1.54) is 122 Å². The van der Waals surface area contributed by atoms with E-state index in [1.54, 1.807) is 0 Å². The zero-order valence-corrected chi connectivity index (χ0v) is 18.9. The lowest BCUT2D eigenvalue weighted by Gasteiger charge is -2.04. The van der Waals surface area contributed by atoms with E-state index in [-0.39, 0.29) is 5.97 Å². The Hall–Kier alpha value is -0.530. The highest BCUT2D eigenvalue weighted by molar-refractivity contribution is 5.68. The Morgan fingerprint density at radius 1 is 0.481 bits per heavy atom. The summed E-state index contributed by atoms with van der Waals surface area (Å²) >= 11 is 0. The predicted molar refractivity (Wildman–Crippen MR) is 119 cm³/mol. The molecule has 0 aliphatic rings. The van der Waals surface area contributed by atoms with Crippen LogP contribution in [0.5, 0.6) is 0 Å². The summed E-state index contributed by atoms with van der Waals surface area (Å²) < 4.78 is 5.09. The molecule has 0 saturated carbocycles. The van der Waals surface area contributed by atoms with Crippen molar-refractivity contribution in [2.75, 3.05) is 6.61 Å². The second-order valence-electron chi connectivity index (χ2n) is 8.29. The largest absolute Gasteiger partial charge is 0.466 e. The molecule has 0 rings (SSSR count). The summed E-state index contributed by atoms with van der Waals surface area (Å²) in [6, 6.07) is 0. The molecule has 0 aromatic rings. The third-order valence-electron chi connectivity index (χ3n) is 5.55. The first-order valence-electron chi connectivity index (χ1n) is 12.5. The molecular formula is C25H50O2. The van der Waals surface area contributed by atoms with E-state index in [1.807, 2.05) is 6.92 Å². The Bertz CT molecular complexity index is 288. The maximum atomic E-state index is 11.0. The first-order chi connectivity index (χ1) is 13.3. The SMILES string of the molecule is CCCCCCCCCCCCCCCCCCCCCCOC(=O)CC. The van der Waals surface area contributed by atoms with E-state index in [0.29, 0.717) is 13.0 Å². The smallest absolute Gasteiger partial charge is 0.305 e. The van der Waals surface area contributed by atoms with Crippen LogP contribution in [0.25, 0.3) is 0 Å². The minimum absolute atomic E-state index is 0.0622. The van der Waals surface area contributed by atoms with Gasteiger partial charge in [-0.3, -0.25) is 4.79 Å². The number of ether oxygens (including phenoxy) is 1. The summed E-state index contributed by atoms with van der Waals surface area (Å²) in [7, 11) is 0. The number of esters is 1. The standard InChI is InChI=1S/C25H50O2/c1-3-5-6-7-8-9-10-11-12-13-14-15-16-17-18-19-20-21-22-23-24-27-25(26)4-2/h3-24H2,1-2H3. The lowest BCUT2D eigenvalue weighted by molar-refractivity contribution is -0.143. The second-order valence-corrected chi connectivity index (χ2v) is 8.29. The van der Waals surface area contributed by atoms with Crippen molar-refractivity contribution < 1.29 is 9.53 Å². The van der Waals surface area contributed by atoms with Gasteiger partial charge in [0.2, 0.25) is 0 Å². The van der Waals surface area contributed by atoms with Crippen LogP contribution in [0.2, 0.25) is 0 Å². The van der Waals surface area contributed by atoms with Crippen molar-refractivity contribution in [1.29, 1.82) is 0 Å². The van der Waals surface area contributed by atoms with Crippen LogP contribution in [0.1, 0.15) is 149 Å². The molecule has 0 fully saturated rings. The Morgan fingerprint density at radius 3 is 1.07 bits per heavy atom. The van der Waals surface area contributed by atoms with Gasteiger partial charge < -0.3 is 4.74 Å². The maximum absolute atomic E-state index is 11.0. The van der Waals surface area contributed by atoms with E-state index in [9.17, 15) is 4.79 Å². The highest BCUT2D eigenvalue weighted by Gasteiger charge is 1.98. The van der Waals surface area contributed by atoms with Gasteiger partial charge in [0.1, 0.15) is 0 Å². The van der Waals surface area contributed by atoms with Crippen molar-refractivity contribution >= 4 is 5.97 Å². The lowest BCUT2D eigenvalue weighted by Crippen LogP contribution is -2.03. The number of unbranched alkanes of at least 4 members (excludes halogenated alkanes) is 19. The van der Waals surface area contributed by atoms with Crippen LogP contribution in [0.3, 0.4) is 0 Å². The topological polar surface area (TPSA) is 26.3 Å². The van der Waals surface area contributed by atoms with Crippen LogP contribution in [-0.4, -0.2) is 12.6 Å². The number of carbonyl (C=O) groups excluding carboxylic acids is 1. The van der Waals surface area contributed by atoms with Crippen LogP contribution >= 0.6 is 0 Å². The summed E-state index contributed by atoms with van der Waals surface area (Å²) in [6.07, 6.45) is 28.4. The summed E-state index contributed by atoms with van der Waals surface area (Å²) in [5, 5.41) is 0. The average Bonchev–Trinajstić information content (AvgIpc) is 2.68. The quantitative estimate of drug-likeness (QED) is 0.138. The second kappa shape index (κ2) is 23.5. The number of rotatable bonds is 22. The van der Waals surface area contributed by atoms with Gasteiger partial charge in [-0.25, -0.2) is 0 Å². The van der Waals surface area contributed by atoms with Crippen molar-refractivity contribution in [1.82, 2.24) is 0 Å². The van der Waals surface area contributed by atoms with Crippen LogP contribution in [0, 0.1) is 0 Å². The van der Waals surface area contributed by atoms with Gasteiger partial charge in [0, 0.05) is 6.42 Å². The predicted octanol–water partition coefficient (Wildman–Crippen LogP) is 8.76. The third kappa shape index (κ3) is 23.4. The molecule has 0 spiro atoms. The van der Waals surface area contributed by atoms with Crippen molar-refractivity contribution in [2.45, 2.75) is 149 Å². The van der Waals surface area contributed by atoms with Gasteiger partial charge in [-0.15, -0.1) is 0 Å². The van der Waals surface area contributed by atoms with Gasteiger partial charge in [0.25, 0.3) is 0 Å². The third-order valence-corrected chi connectivity index (χ3v) is 5.55. The molecule has 0 bridgehead atoms. The number of hydrogen-bond donors (Lipinski definition) is 0. The molecule has 0 heterocycles. The summed E-state index contributed by atoms with van der Waals surface area (Å²) in [5.74, 6) is -0.0622. The van der Waals surface area contributed by atoms with Crippen LogP contribution in [-0.2, 0) is 9.53 Å². The van der Waals surface area contributed by atoms with Crippen molar-refractivity contribution in [3.05, 3.63) is 0 Å². The Kier molecular flexibility index (Phi) is 23.0. The van der Waals surface area contributed by atoms with Crippen LogP contribution in [0.4, 0.5) is 0 Å². The molecule has 0 saturated heterocycles. The Labute approximate surface area is 171 Å². The van der Waals surface area contributed by atoms with Crippen molar-refractivity contribution in [3.8, 4) is 0 Å². The Morgan fingerprint density at radius 2 is 0.778 bits per heavy atom. The highest BCUT2D eigenvalue weighted by Crippen LogP contribution is 2.14. The molecule has 0 amide bonds. The van der Waals surface area contributed by atoms with Gasteiger partial charge >= 0.3 is 5.97 Å². The zero-order valence-electron chi connectivity index (χ0n) is 18.9. The zero-order chi connectivity index (χ0) is 19.8. The lowest BCUT2D eigenvalue weighted by atomic mass is 10.0. The molecule has 0 N–H and O–H groups in total.